The highest BCUT2D eigenvalue weighted by atomic mass is 16.3. The molecule has 0 saturated carbocycles. The van der Waals surface area contributed by atoms with Gasteiger partial charge in [0.25, 0.3) is 0 Å². The summed E-state index contributed by atoms with van der Waals surface area (Å²) in [6.45, 7) is 0. The van der Waals surface area contributed by atoms with Crippen LogP contribution in [0.4, 0.5) is 0 Å². The van der Waals surface area contributed by atoms with Crippen LogP contribution in [0.1, 0.15) is 0 Å². The van der Waals surface area contributed by atoms with Gasteiger partial charge in [0, 0.05) is 54.8 Å². The maximum absolute atomic E-state index is 6.54. The first-order valence-corrected chi connectivity index (χ1v) is 15.4. The predicted molar refractivity (Wildman–Crippen MR) is 188 cm³/mol. The normalized spacial score (nSPS) is 12.0. The molecule has 0 aliphatic heterocycles. The van der Waals surface area contributed by atoms with Crippen molar-refractivity contribution < 1.29 is 4.42 Å². The molecule has 0 fully saturated rings. The summed E-state index contributed by atoms with van der Waals surface area (Å²) in [7, 11) is 0. The number of hydrogen-bond donors (Lipinski definition) is 0. The maximum atomic E-state index is 6.54. The van der Waals surface area contributed by atoms with Gasteiger partial charge in [-0.05, 0) is 42.5 Å². The SMILES string of the molecule is c1cc(-n2c3ccccc3c3ccccc32)cc(-n2c3ccccc3c3cccc(-c4cccc5c4oc4ccccc45)c32)c1. The average Bonchev–Trinajstić information content (AvgIpc) is 3.76. The lowest BCUT2D eigenvalue weighted by Crippen LogP contribution is -1.99. The van der Waals surface area contributed by atoms with E-state index in [0.717, 1.165) is 44.4 Å². The van der Waals surface area contributed by atoms with Gasteiger partial charge in [0.05, 0.1) is 22.1 Å². The van der Waals surface area contributed by atoms with E-state index >= 15 is 0 Å². The molecule has 10 aromatic rings. The van der Waals surface area contributed by atoms with E-state index in [1.54, 1.807) is 0 Å². The molecule has 0 bridgehead atoms. The van der Waals surface area contributed by atoms with Gasteiger partial charge in [-0.25, -0.2) is 0 Å². The zero-order chi connectivity index (χ0) is 29.5. The van der Waals surface area contributed by atoms with Gasteiger partial charge in [-0.3, -0.25) is 0 Å². The van der Waals surface area contributed by atoms with Crippen LogP contribution in [-0.2, 0) is 0 Å². The van der Waals surface area contributed by atoms with Crippen molar-refractivity contribution >= 4 is 65.6 Å². The number of aromatic nitrogens is 2. The maximum Gasteiger partial charge on any atom is 0.143 e. The first kappa shape index (κ1) is 24.4. The topological polar surface area (TPSA) is 23.0 Å². The van der Waals surface area contributed by atoms with E-state index in [0.29, 0.717) is 0 Å². The van der Waals surface area contributed by atoms with E-state index in [1.165, 1.54) is 43.6 Å². The number of nitrogens with zero attached hydrogens (tertiary/aromatic N) is 2. The minimum Gasteiger partial charge on any atom is -0.455 e. The van der Waals surface area contributed by atoms with Gasteiger partial charge in [0.1, 0.15) is 11.2 Å². The summed E-state index contributed by atoms with van der Waals surface area (Å²) in [5.41, 5.74) is 11.1. The molecule has 0 spiro atoms. The Hall–Kier alpha value is -6.06. The molecule has 10 rings (SSSR count). The Labute approximate surface area is 258 Å². The van der Waals surface area contributed by atoms with E-state index in [1.807, 2.05) is 6.07 Å². The number of benzene rings is 7. The van der Waals surface area contributed by atoms with Gasteiger partial charge in [-0.15, -0.1) is 0 Å². The van der Waals surface area contributed by atoms with Gasteiger partial charge < -0.3 is 13.6 Å². The lowest BCUT2D eigenvalue weighted by Gasteiger charge is -2.14. The van der Waals surface area contributed by atoms with Crippen LogP contribution >= 0.6 is 0 Å². The first-order chi connectivity index (χ1) is 22.3. The molecule has 45 heavy (non-hydrogen) atoms. The molecule has 7 aromatic carbocycles. The van der Waals surface area contributed by atoms with Crippen molar-refractivity contribution in [2.75, 3.05) is 0 Å². The van der Waals surface area contributed by atoms with Crippen LogP contribution in [0.3, 0.4) is 0 Å². The number of hydrogen-bond acceptors (Lipinski definition) is 1. The molecular formula is C42H26N2O. The zero-order valence-corrected chi connectivity index (χ0v) is 24.3. The summed E-state index contributed by atoms with van der Waals surface area (Å²) in [5, 5.41) is 7.25. The minimum absolute atomic E-state index is 0.909. The van der Waals surface area contributed by atoms with Crippen molar-refractivity contribution in [3.05, 3.63) is 158 Å². The second-order valence-electron chi connectivity index (χ2n) is 11.7. The Morgan fingerprint density at radius 3 is 1.56 bits per heavy atom. The predicted octanol–water partition coefficient (Wildman–Crippen LogP) is 11.4. The lowest BCUT2D eigenvalue weighted by atomic mass is 9.99. The average molecular weight is 575 g/mol. The highest BCUT2D eigenvalue weighted by molar-refractivity contribution is 6.17. The number of rotatable bonds is 3. The van der Waals surface area contributed by atoms with Gasteiger partial charge >= 0.3 is 0 Å². The van der Waals surface area contributed by atoms with E-state index in [2.05, 4.69) is 161 Å². The number of fused-ring (bicyclic) bond motifs is 9. The van der Waals surface area contributed by atoms with Gasteiger partial charge in [0.2, 0.25) is 0 Å². The fourth-order valence-corrected chi connectivity index (χ4v) is 7.44. The molecule has 0 N–H and O–H groups in total. The summed E-state index contributed by atoms with van der Waals surface area (Å²) in [6, 6.07) is 56.5. The van der Waals surface area contributed by atoms with Gasteiger partial charge in [0.15, 0.2) is 0 Å². The smallest absolute Gasteiger partial charge is 0.143 e. The molecule has 0 radical (unpaired) electrons. The molecule has 3 heterocycles. The molecule has 0 atom stereocenters. The summed E-state index contributed by atoms with van der Waals surface area (Å²) >= 11 is 0. The van der Waals surface area contributed by atoms with Crippen molar-refractivity contribution in [3.63, 3.8) is 0 Å². The third-order valence-corrected chi connectivity index (χ3v) is 9.32. The van der Waals surface area contributed by atoms with Crippen LogP contribution in [-0.4, -0.2) is 9.13 Å². The third kappa shape index (κ3) is 3.41. The minimum atomic E-state index is 0.909. The highest BCUT2D eigenvalue weighted by Gasteiger charge is 2.20. The molecule has 0 unspecified atom stereocenters. The largest absolute Gasteiger partial charge is 0.455 e. The standard InChI is InChI=1S/C42H26N2O/c1-5-22-37-29(14-1)30-15-2-6-23-38(30)43(37)27-12-9-13-28(26-27)44-39-24-7-3-16-31(39)33-18-10-19-34(41(33)44)36-21-11-20-35-32-17-4-8-25-40(32)45-42(35)36/h1-26H. The van der Waals surface area contributed by atoms with Crippen LogP contribution in [0.2, 0.25) is 0 Å². The lowest BCUT2D eigenvalue weighted by molar-refractivity contribution is 0.670. The van der Waals surface area contributed by atoms with Crippen LogP contribution in [0.5, 0.6) is 0 Å². The van der Waals surface area contributed by atoms with Crippen LogP contribution < -0.4 is 0 Å². The number of furan rings is 1. The summed E-state index contributed by atoms with van der Waals surface area (Å²) in [4.78, 5) is 0. The fourth-order valence-electron chi connectivity index (χ4n) is 7.44. The second kappa shape index (κ2) is 9.22. The van der Waals surface area contributed by atoms with E-state index in [9.17, 15) is 0 Å². The van der Waals surface area contributed by atoms with Crippen molar-refractivity contribution in [1.82, 2.24) is 9.13 Å². The van der Waals surface area contributed by atoms with Gasteiger partial charge in [-0.1, -0.05) is 115 Å². The van der Waals surface area contributed by atoms with Crippen LogP contribution in [0.15, 0.2) is 162 Å². The molecule has 210 valence electrons. The van der Waals surface area contributed by atoms with E-state index in [4.69, 9.17) is 4.42 Å². The second-order valence-corrected chi connectivity index (χ2v) is 11.7. The fraction of sp³-hybridized carbons (Fsp3) is 0. The quantitative estimate of drug-likeness (QED) is 0.206. The first-order valence-electron chi connectivity index (χ1n) is 15.4. The Morgan fingerprint density at radius 2 is 0.844 bits per heavy atom. The van der Waals surface area contributed by atoms with Crippen molar-refractivity contribution in [2.24, 2.45) is 0 Å². The number of para-hydroxylation sites is 6. The van der Waals surface area contributed by atoms with E-state index < -0.39 is 0 Å². The van der Waals surface area contributed by atoms with Crippen molar-refractivity contribution in [3.8, 4) is 22.5 Å². The zero-order valence-electron chi connectivity index (χ0n) is 24.3. The van der Waals surface area contributed by atoms with Crippen molar-refractivity contribution in [1.29, 1.82) is 0 Å². The van der Waals surface area contributed by atoms with Crippen LogP contribution in [0, 0.1) is 0 Å². The monoisotopic (exact) mass is 574 g/mol. The Bertz CT molecular complexity index is 2720. The Morgan fingerprint density at radius 1 is 0.356 bits per heavy atom. The molecule has 0 amide bonds. The summed E-state index contributed by atoms with van der Waals surface area (Å²) < 4.78 is 11.4. The van der Waals surface area contributed by atoms with Gasteiger partial charge in [-0.2, -0.15) is 0 Å². The Balaban J connectivity index is 1.29. The molecule has 3 nitrogen and oxygen atoms in total. The molecule has 0 aliphatic carbocycles. The molecule has 0 saturated heterocycles. The molecule has 0 aliphatic rings. The summed E-state index contributed by atoms with van der Waals surface area (Å²) in [5.74, 6) is 0. The summed E-state index contributed by atoms with van der Waals surface area (Å²) in [6.07, 6.45) is 0. The van der Waals surface area contributed by atoms with E-state index in [-0.39, 0.29) is 0 Å². The Kier molecular flexibility index (Phi) is 5.00. The highest BCUT2D eigenvalue weighted by Crippen LogP contribution is 2.42. The molecular weight excluding hydrogens is 548 g/mol. The molecule has 3 aromatic heterocycles. The van der Waals surface area contributed by atoms with Crippen molar-refractivity contribution in [2.45, 2.75) is 0 Å². The molecule has 3 heteroatoms. The van der Waals surface area contributed by atoms with Crippen LogP contribution in [0.25, 0.3) is 88.1 Å². The third-order valence-electron chi connectivity index (χ3n) is 9.32.